The summed E-state index contributed by atoms with van der Waals surface area (Å²) in [5.74, 6) is 0.0107. The first-order chi connectivity index (χ1) is 9.63. The monoisotopic (exact) mass is 268 g/mol. The Kier molecular flexibility index (Phi) is 3.18. The van der Waals surface area contributed by atoms with Gasteiger partial charge in [-0.1, -0.05) is 24.3 Å². The molecule has 100 valence electrons. The highest BCUT2D eigenvalue weighted by atomic mass is 16.4. The van der Waals surface area contributed by atoms with Crippen molar-refractivity contribution in [1.82, 2.24) is 9.55 Å². The second-order valence-electron chi connectivity index (χ2n) is 4.63. The Morgan fingerprint density at radius 3 is 2.45 bits per heavy atom. The molecule has 0 amide bonds. The van der Waals surface area contributed by atoms with Crippen LogP contribution in [0.5, 0.6) is 5.88 Å². The number of aromatic hydroxyl groups is 1. The smallest absolute Gasteiger partial charge is 0.488 e. The number of hydrogen-bond donors (Lipinski definition) is 3. The number of aromatic nitrogens is 2. The van der Waals surface area contributed by atoms with E-state index < -0.39 is 7.12 Å². The van der Waals surface area contributed by atoms with Crippen LogP contribution >= 0.6 is 0 Å². The predicted octanol–water partition coefficient (Wildman–Crippen LogP) is 0.470. The van der Waals surface area contributed by atoms with Gasteiger partial charge in [-0.3, -0.25) is 0 Å². The maximum Gasteiger partial charge on any atom is 0.488 e. The van der Waals surface area contributed by atoms with Crippen LogP contribution in [0, 0.1) is 0 Å². The van der Waals surface area contributed by atoms with E-state index in [1.165, 1.54) is 0 Å². The summed E-state index contributed by atoms with van der Waals surface area (Å²) in [6, 6.07) is 12.3. The normalized spacial score (nSPS) is 10.9. The zero-order valence-corrected chi connectivity index (χ0v) is 10.6. The topological polar surface area (TPSA) is 78.5 Å². The summed E-state index contributed by atoms with van der Waals surface area (Å²) in [6.45, 7) is 0.651. The van der Waals surface area contributed by atoms with Crippen LogP contribution in [0.1, 0.15) is 5.56 Å². The van der Waals surface area contributed by atoms with E-state index >= 15 is 0 Å². The van der Waals surface area contributed by atoms with E-state index in [0.29, 0.717) is 12.0 Å². The number of benzene rings is 1. The van der Waals surface area contributed by atoms with Crippen molar-refractivity contribution in [2.45, 2.75) is 6.54 Å². The molecule has 0 spiro atoms. The van der Waals surface area contributed by atoms with E-state index in [1.807, 2.05) is 35.0 Å². The largest absolute Gasteiger partial charge is 0.493 e. The van der Waals surface area contributed by atoms with Crippen molar-refractivity contribution in [2.75, 3.05) is 0 Å². The van der Waals surface area contributed by atoms with Gasteiger partial charge in [0.15, 0.2) is 0 Å². The van der Waals surface area contributed by atoms with Crippen LogP contribution in [0.2, 0.25) is 0 Å². The number of hydrogen-bond acceptors (Lipinski definition) is 4. The first-order valence-electron chi connectivity index (χ1n) is 6.23. The molecule has 0 aliphatic carbocycles. The molecular weight excluding hydrogens is 255 g/mol. The van der Waals surface area contributed by atoms with Crippen LogP contribution in [0.4, 0.5) is 0 Å². The molecule has 20 heavy (non-hydrogen) atoms. The van der Waals surface area contributed by atoms with Gasteiger partial charge in [0.1, 0.15) is 0 Å². The third-order valence-electron chi connectivity index (χ3n) is 3.24. The highest BCUT2D eigenvalue weighted by molar-refractivity contribution is 6.58. The van der Waals surface area contributed by atoms with Crippen LogP contribution in [-0.2, 0) is 6.54 Å². The third kappa shape index (κ3) is 2.39. The van der Waals surface area contributed by atoms with Crippen molar-refractivity contribution >= 4 is 23.6 Å². The van der Waals surface area contributed by atoms with Gasteiger partial charge in [0.2, 0.25) is 5.88 Å². The molecule has 6 heteroatoms. The lowest BCUT2D eigenvalue weighted by atomic mass is 9.80. The fourth-order valence-electron chi connectivity index (χ4n) is 2.19. The number of pyridine rings is 1. The van der Waals surface area contributed by atoms with Crippen molar-refractivity contribution in [3.05, 3.63) is 54.2 Å². The summed E-state index contributed by atoms with van der Waals surface area (Å²) in [5, 5.41) is 27.5. The summed E-state index contributed by atoms with van der Waals surface area (Å²) in [6.07, 6.45) is 1.91. The maximum atomic E-state index is 9.34. The molecule has 2 heterocycles. The Morgan fingerprint density at radius 1 is 1.00 bits per heavy atom. The predicted molar refractivity (Wildman–Crippen MR) is 76.8 cm³/mol. The average Bonchev–Trinajstić information content (AvgIpc) is 2.81. The van der Waals surface area contributed by atoms with Crippen molar-refractivity contribution in [3.8, 4) is 5.88 Å². The standard InChI is InChI=1S/C14H13BN2O3/c18-14-6-5-13-12(16-14)7-8-17(13)9-10-1-3-11(4-2-10)15(19)20/h1-8,19-20H,9H2,(H,16,18). The Hall–Kier alpha value is -2.31. The quantitative estimate of drug-likeness (QED) is 0.603. The Labute approximate surface area is 115 Å². The zero-order chi connectivity index (χ0) is 14.1. The van der Waals surface area contributed by atoms with Crippen molar-refractivity contribution in [3.63, 3.8) is 0 Å². The van der Waals surface area contributed by atoms with Gasteiger partial charge < -0.3 is 19.7 Å². The molecule has 0 atom stereocenters. The summed E-state index contributed by atoms with van der Waals surface area (Å²) in [4.78, 5) is 4.04. The highest BCUT2D eigenvalue weighted by Crippen LogP contribution is 2.18. The fraction of sp³-hybridized carbons (Fsp3) is 0.0714. The Bertz CT molecular complexity index is 738. The van der Waals surface area contributed by atoms with E-state index in [4.69, 9.17) is 10.0 Å². The molecule has 0 unspecified atom stereocenters. The summed E-state index contributed by atoms with van der Waals surface area (Å²) < 4.78 is 2.02. The van der Waals surface area contributed by atoms with Crippen LogP contribution in [0.15, 0.2) is 48.7 Å². The molecule has 0 aliphatic heterocycles. The molecule has 0 aliphatic rings. The van der Waals surface area contributed by atoms with Crippen LogP contribution in [0.25, 0.3) is 11.0 Å². The van der Waals surface area contributed by atoms with Crippen molar-refractivity contribution in [2.24, 2.45) is 0 Å². The van der Waals surface area contributed by atoms with Gasteiger partial charge in [0.05, 0.1) is 11.0 Å². The van der Waals surface area contributed by atoms with Gasteiger partial charge >= 0.3 is 7.12 Å². The lowest BCUT2D eigenvalue weighted by Crippen LogP contribution is -2.29. The lowest BCUT2D eigenvalue weighted by molar-refractivity contribution is 0.425. The molecule has 0 saturated heterocycles. The molecule has 3 rings (SSSR count). The minimum atomic E-state index is -1.44. The third-order valence-corrected chi connectivity index (χ3v) is 3.24. The molecule has 0 saturated carbocycles. The number of rotatable bonds is 3. The highest BCUT2D eigenvalue weighted by Gasteiger charge is 2.10. The number of fused-ring (bicyclic) bond motifs is 1. The molecule has 0 radical (unpaired) electrons. The first-order valence-corrected chi connectivity index (χ1v) is 6.23. The van der Waals surface area contributed by atoms with E-state index in [0.717, 1.165) is 16.6 Å². The van der Waals surface area contributed by atoms with Gasteiger partial charge in [-0.15, -0.1) is 0 Å². The summed E-state index contributed by atoms with van der Waals surface area (Å²) in [7, 11) is -1.44. The molecule has 2 aromatic heterocycles. The minimum absolute atomic E-state index is 0.0107. The van der Waals surface area contributed by atoms with Crippen molar-refractivity contribution in [1.29, 1.82) is 0 Å². The van der Waals surface area contributed by atoms with Gasteiger partial charge in [-0.25, -0.2) is 4.98 Å². The van der Waals surface area contributed by atoms with E-state index in [2.05, 4.69) is 4.98 Å². The van der Waals surface area contributed by atoms with Crippen LogP contribution in [0.3, 0.4) is 0 Å². The summed E-state index contributed by atoms with van der Waals surface area (Å²) in [5.41, 5.74) is 3.19. The molecule has 0 bridgehead atoms. The van der Waals surface area contributed by atoms with E-state index in [9.17, 15) is 5.11 Å². The minimum Gasteiger partial charge on any atom is -0.493 e. The van der Waals surface area contributed by atoms with Crippen molar-refractivity contribution < 1.29 is 15.2 Å². The molecule has 0 fully saturated rings. The Morgan fingerprint density at radius 2 is 1.75 bits per heavy atom. The van der Waals surface area contributed by atoms with Gasteiger partial charge in [-0.2, -0.15) is 0 Å². The SMILES string of the molecule is OB(O)c1ccc(Cn2ccc3nc(O)ccc32)cc1. The second-order valence-corrected chi connectivity index (χ2v) is 4.63. The van der Waals surface area contributed by atoms with Gasteiger partial charge in [0.25, 0.3) is 0 Å². The zero-order valence-electron chi connectivity index (χ0n) is 10.6. The first kappa shape index (κ1) is 12.7. The molecule has 1 aromatic carbocycles. The van der Waals surface area contributed by atoms with E-state index in [1.54, 1.807) is 18.2 Å². The summed E-state index contributed by atoms with van der Waals surface area (Å²) >= 11 is 0. The lowest BCUT2D eigenvalue weighted by Gasteiger charge is -2.07. The molecule has 3 aromatic rings. The maximum absolute atomic E-state index is 9.34. The average molecular weight is 268 g/mol. The van der Waals surface area contributed by atoms with Gasteiger partial charge in [0, 0.05) is 18.8 Å². The molecule has 3 N–H and O–H groups in total. The Balaban J connectivity index is 1.89. The van der Waals surface area contributed by atoms with Crippen LogP contribution in [-0.4, -0.2) is 31.8 Å². The van der Waals surface area contributed by atoms with E-state index in [-0.39, 0.29) is 5.88 Å². The number of nitrogens with zero attached hydrogens (tertiary/aromatic N) is 2. The molecular formula is C14H13BN2O3. The van der Waals surface area contributed by atoms with Gasteiger partial charge in [-0.05, 0) is 23.2 Å². The molecule has 5 nitrogen and oxygen atoms in total. The van der Waals surface area contributed by atoms with Crippen LogP contribution < -0.4 is 5.46 Å². The second kappa shape index (κ2) is 4.99. The fourth-order valence-corrected chi connectivity index (χ4v) is 2.19.